The summed E-state index contributed by atoms with van der Waals surface area (Å²) in [5.41, 5.74) is 0.165. The molecule has 14 heteroatoms. The predicted molar refractivity (Wildman–Crippen MR) is 107 cm³/mol. The molecule has 2 aliphatic rings. The molecule has 0 aliphatic carbocycles. The van der Waals surface area contributed by atoms with E-state index >= 15 is 0 Å². The van der Waals surface area contributed by atoms with E-state index in [1.165, 1.54) is 6.20 Å². The van der Waals surface area contributed by atoms with E-state index in [1.54, 1.807) is 25.1 Å². The molecule has 176 valence electrons. The van der Waals surface area contributed by atoms with E-state index in [1.807, 2.05) is 0 Å². The number of aryl methyl sites for hydroxylation is 1. The van der Waals surface area contributed by atoms with Gasteiger partial charge in [0.05, 0.1) is 7.11 Å². The first-order valence-electron chi connectivity index (χ1n) is 9.40. The minimum atomic E-state index is -4.10. The fourth-order valence-corrected chi connectivity index (χ4v) is 4.67. The summed E-state index contributed by atoms with van der Waals surface area (Å²) >= 11 is 0. The Morgan fingerprint density at radius 3 is 2.69 bits per heavy atom. The third-order valence-electron chi connectivity index (χ3n) is 4.71. The number of nitrogens with zero attached hydrogens (tertiary/aromatic N) is 1. The van der Waals surface area contributed by atoms with Crippen molar-refractivity contribution in [2.45, 2.75) is 44.7 Å². The Balaban J connectivity index is 0.000000913. The lowest BCUT2D eigenvalue weighted by atomic mass is 10.1. The number of rotatable bonds is 4. The summed E-state index contributed by atoms with van der Waals surface area (Å²) in [6.45, 7) is 1.74. The van der Waals surface area contributed by atoms with Crippen molar-refractivity contribution in [3.63, 3.8) is 0 Å². The quantitative estimate of drug-likeness (QED) is 0.369. The van der Waals surface area contributed by atoms with Crippen LogP contribution < -0.4 is 15.8 Å². The zero-order valence-corrected chi connectivity index (χ0v) is 18.0. The van der Waals surface area contributed by atoms with Gasteiger partial charge in [-0.2, -0.15) is 9.83 Å². The normalized spacial score (nSPS) is 24.8. The molecular formula is C18H23FN2O10P+. The maximum atomic E-state index is 11.9. The van der Waals surface area contributed by atoms with Gasteiger partial charge in [0.15, 0.2) is 5.75 Å². The molecule has 0 spiro atoms. The minimum Gasteiger partial charge on any atom is -0.346 e. The van der Waals surface area contributed by atoms with Crippen molar-refractivity contribution in [2.75, 3.05) is 7.11 Å². The molecule has 0 amide bonds. The van der Waals surface area contributed by atoms with E-state index in [-0.39, 0.29) is 19.4 Å². The fraction of sp³-hybridized carbons (Fsp3) is 0.444. The molecule has 3 atom stereocenters. The van der Waals surface area contributed by atoms with Crippen LogP contribution in [0.1, 0.15) is 30.2 Å². The summed E-state index contributed by atoms with van der Waals surface area (Å²) in [6.07, 6.45) is -0.571. The largest absolute Gasteiger partial charge is 0.625 e. The van der Waals surface area contributed by atoms with Crippen molar-refractivity contribution in [3.8, 4) is 5.75 Å². The average molecular weight is 477 g/mol. The second kappa shape index (κ2) is 9.73. The number of aromatic nitrogens is 2. The lowest BCUT2D eigenvalue weighted by Gasteiger charge is -2.29. The number of ether oxygens (including phenoxy) is 1. The van der Waals surface area contributed by atoms with Crippen molar-refractivity contribution < 1.29 is 42.9 Å². The van der Waals surface area contributed by atoms with Crippen molar-refractivity contribution in [1.29, 1.82) is 0 Å². The first-order chi connectivity index (χ1) is 15.1. The molecule has 32 heavy (non-hydrogen) atoms. The molecule has 0 bridgehead atoms. The summed E-state index contributed by atoms with van der Waals surface area (Å²) in [5, 5.41) is 20.8. The average Bonchev–Trinajstić information content (AvgIpc) is 3.20. The molecule has 0 radical (unpaired) electrons. The van der Waals surface area contributed by atoms with E-state index in [0.29, 0.717) is 11.3 Å². The highest BCUT2D eigenvalue weighted by atomic mass is 31.2. The number of halogens is 1. The minimum absolute atomic E-state index is 0.0295. The summed E-state index contributed by atoms with van der Waals surface area (Å²) in [7, 11) is -3.14. The van der Waals surface area contributed by atoms with Crippen LogP contribution in [0.5, 0.6) is 5.75 Å². The Kier molecular flexibility index (Phi) is 7.43. The van der Waals surface area contributed by atoms with Crippen molar-refractivity contribution in [2.24, 2.45) is 0 Å². The van der Waals surface area contributed by atoms with Crippen molar-refractivity contribution >= 4 is 8.17 Å². The second-order valence-electron chi connectivity index (χ2n) is 6.97. The van der Waals surface area contributed by atoms with Crippen LogP contribution in [-0.4, -0.2) is 43.8 Å². The van der Waals surface area contributed by atoms with Gasteiger partial charge in [-0.05, 0) is 29.9 Å². The van der Waals surface area contributed by atoms with Gasteiger partial charge < -0.3 is 14.9 Å². The lowest BCUT2D eigenvalue weighted by Crippen LogP contribution is -2.45. The summed E-state index contributed by atoms with van der Waals surface area (Å²) in [4.78, 5) is 38.5. The third-order valence-corrected chi connectivity index (χ3v) is 6.08. The molecular weight excluding hydrogens is 454 g/mol. The molecule has 1 saturated heterocycles. The molecule has 2 aliphatic heterocycles. The van der Waals surface area contributed by atoms with E-state index < -0.39 is 37.7 Å². The van der Waals surface area contributed by atoms with Crippen molar-refractivity contribution in [1.82, 2.24) is 9.55 Å². The summed E-state index contributed by atoms with van der Waals surface area (Å²) in [5.74, 6) is -2.58. The van der Waals surface area contributed by atoms with Gasteiger partial charge in [-0.25, -0.2) is 4.79 Å². The van der Waals surface area contributed by atoms with Crippen LogP contribution in [0.25, 0.3) is 0 Å². The van der Waals surface area contributed by atoms with Crippen LogP contribution in [0, 0.1) is 6.92 Å². The number of hydrogen-bond acceptors (Lipinski definition) is 10. The highest BCUT2D eigenvalue weighted by molar-refractivity contribution is 7.55. The maximum absolute atomic E-state index is 11.9. The zero-order chi connectivity index (χ0) is 23.5. The van der Waals surface area contributed by atoms with Gasteiger partial charge in [0.25, 0.3) is 5.56 Å². The molecule has 1 aromatic heterocycles. The molecule has 3 unspecified atom stereocenters. The standard InChI is InChI=1S/C17H19N2O9P.CH3FO/c1-10-3-2-4-11-9-25-29(24,27-15(10)11)28-17(22,23)12-5-6-14(26-12)19-8-7-13(20)18-16(19)21;1-3-2/h2-4,7-8,12,14,22-24H,5-6,9H2,1H3;1H3/p+1. The van der Waals surface area contributed by atoms with Crippen LogP contribution in [0.4, 0.5) is 4.53 Å². The Labute approximate surface area is 181 Å². The Morgan fingerprint density at radius 1 is 1.28 bits per heavy atom. The molecule has 12 nitrogen and oxygen atoms in total. The van der Waals surface area contributed by atoms with Gasteiger partial charge in [0.2, 0.25) is 0 Å². The number of aliphatic hydroxyl groups is 2. The zero-order valence-electron chi connectivity index (χ0n) is 17.1. The number of H-pyrrole nitrogens is 1. The highest BCUT2D eigenvalue weighted by Crippen LogP contribution is 2.64. The van der Waals surface area contributed by atoms with Gasteiger partial charge in [0, 0.05) is 17.8 Å². The van der Waals surface area contributed by atoms with Gasteiger partial charge in [-0.15, -0.1) is 4.52 Å². The van der Waals surface area contributed by atoms with E-state index in [9.17, 15) is 29.2 Å². The van der Waals surface area contributed by atoms with E-state index in [2.05, 4.69) is 9.93 Å². The number of para-hydroxylation sites is 1. The second-order valence-corrected chi connectivity index (χ2v) is 8.54. The van der Waals surface area contributed by atoms with Gasteiger partial charge in [-0.3, -0.25) is 18.9 Å². The first-order valence-corrected chi connectivity index (χ1v) is 10.9. The van der Waals surface area contributed by atoms with Crippen molar-refractivity contribution in [3.05, 3.63) is 62.4 Å². The number of fused-ring (bicyclic) bond motifs is 1. The first kappa shape index (κ1) is 24.4. The Bertz CT molecular complexity index is 1060. The number of hydrogen-bond donors (Lipinski definition) is 4. The number of aromatic amines is 1. The summed E-state index contributed by atoms with van der Waals surface area (Å²) in [6, 6.07) is 6.48. The molecule has 1 aromatic carbocycles. The molecule has 0 saturated carbocycles. The van der Waals surface area contributed by atoms with Gasteiger partial charge >= 0.3 is 19.8 Å². The molecule has 4 rings (SSSR count). The third kappa shape index (κ3) is 5.39. The van der Waals surface area contributed by atoms with E-state index in [0.717, 1.165) is 23.3 Å². The fourth-order valence-electron chi connectivity index (χ4n) is 3.28. The summed E-state index contributed by atoms with van der Waals surface area (Å²) < 4.78 is 32.2. The molecule has 4 N–H and O–H groups in total. The Morgan fingerprint density at radius 2 is 2.00 bits per heavy atom. The van der Waals surface area contributed by atoms with E-state index in [4.69, 9.17) is 18.3 Å². The van der Waals surface area contributed by atoms with Crippen LogP contribution in [0.2, 0.25) is 0 Å². The number of nitrogens with one attached hydrogen (secondary N) is 1. The topological polar surface area (TPSA) is 162 Å². The van der Waals surface area contributed by atoms with Gasteiger partial charge in [0.1, 0.15) is 18.9 Å². The highest BCUT2D eigenvalue weighted by Gasteiger charge is 2.60. The maximum Gasteiger partial charge on any atom is 0.625 e. The predicted octanol–water partition coefficient (Wildman–Crippen LogP) is 0.974. The van der Waals surface area contributed by atoms with Crippen LogP contribution >= 0.6 is 8.17 Å². The lowest BCUT2D eigenvalue weighted by molar-refractivity contribution is -0.351. The monoisotopic (exact) mass is 477 g/mol. The van der Waals surface area contributed by atoms with Crippen LogP contribution in [0.3, 0.4) is 0 Å². The molecule has 3 heterocycles. The van der Waals surface area contributed by atoms with Crippen LogP contribution in [0.15, 0.2) is 40.1 Å². The molecule has 1 fully saturated rings. The van der Waals surface area contributed by atoms with Gasteiger partial charge in [-0.1, -0.05) is 22.7 Å². The Hall–Kier alpha value is -2.22. The van der Waals surface area contributed by atoms with Crippen LogP contribution in [-0.2, 0) is 25.3 Å². The SMILES string of the molecule is COF.Cc1cccc2c1O[P+](O)(OC(O)(O)C1CCC(n3ccc(=O)[nH]c3=O)O1)OC2. The molecule has 2 aromatic rings. The number of benzene rings is 1. The smallest absolute Gasteiger partial charge is 0.346 e.